The average molecular weight is 1580 g/mol. The number of terminal acetylenes is 1. The number of nitrogens with two attached hydrogens (primary N) is 6. The molecular formula is C79H107N25O11. The predicted molar refractivity (Wildman–Crippen MR) is 438 cm³/mol. The normalized spacial score (nSPS) is 13.8. The molecule has 32 N–H and O–H groups in total. The molecule has 0 aliphatic rings. The molecule has 8 rings (SSSR count). The van der Waals surface area contributed by atoms with Gasteiger partial charge in [0.05, 0.1) is 6.04 Å². The van der Waals surface area contributed by atoms with Crippen molar-refractivity contribution >= 4 is 121 Å². The number of aromatic amines is 4. The Morgan fingerprint density at radius 3 is 0.852 bits per heavy atom. The van der Waals surface area contributed by atoms with E-state index < -0.39 is 120 Å². The number of carbonyl (C=O) groups is 10. The van der Waals surface area contributed by atoms with Crippen LogP contribution in [0.1, 0.15) is 106 Å². The Balaban J connectivity index is 1.14. The number of carbonyl (C=O) groups excluding carboxylic acids is 9. The maximum absolute atomic E-state index is 15.7. The van der Waals surface area contributed by atoms with Crippen LogP contribution in [0.5, 0.6) is 0 Å². The molecule has 4 heterocycles. The van der Waals surface area contributed by atoms with Gasteiger partial charge in [-0.2, -0.15) is 0 Å². The Labute approximate surface area is 663 Å². The van der Waals surface area contributed by atoms with Gasteiger partial charge < -0.3 is 123 Å². The molecular weight excluding hydrogens is 1480 g/mol. The molecule has 115 heavy (non-hydrogen) atoms. The summed E-state index contributed by atoms with van der Waals surface area (Å²) in [4.78, 5) is 160. The van der Waals surface area contributed by atoms with Gasteiger partial charge in [0.25, 0.3) is 0 Å². The zero-order valence-electron chi connectivity index (χ0n) is 63.9. The lowest BCUT2D eigenvalue weighted by Crippen LogP contribution is -2.61. The number of hydrogen-bond donors (Lipinski definition) is 26. The molecule has 0 aliphatic heterocycles. The van der Waals surface area contributed by atoms with Crippen LogP contribution in [0.15, 0.2) is 122 Å². The number of rotatable bonds is 48. The Hall–Kier alpha value is -13.0. The monoisotopic (exact) mass is 1580 g/mol. The molecule has 0 bridgehead atoms. The Morgan fingerprint density at radius 1 is 0.357 bits per heavy atom. The molecule has 0 saturated carbocycles. The first-order valence-electron chi connectivity index (χ1n) is 38.3. The fourth-order valence-electron chi connectivity index (χ4n) is 13.5. The van der Waals surface area contributed by atoms with Crippen molar-refractivity contribution in [2.75, 3.05) is 32.7 Å². The number of para-hydroxylation sites is 4. The van der Waals surface area contributed by atoms with Crippen LogP contribution < -0.4 is 98.2 Å². The fourth-order valence-corrected chi connectivity index (χ4v) is 13.5. The maximum atomic E-state index is 15.7. The third-order valence-corrected chi connectivity index (χ3v) is 19.6. The summed E-state index contributed by atoms with van der Waals surface area (Å²) < 4.78 is 0. The molecule has 36 nitrogen and oxygen atoms in total. The molecule has 9 amide bonds. The highest BCUT2D eigenvalue weighted by molar-refractivity contribution is 6.00. The summed E-state index contributed by atoms with van der Waals surface area (Å²) in [6.45, 7) is 0.743. The first kappa shape index (κ1) is 87.6. The van der Waals surface area contributed by atoms with Gasteiger partial charge >= 0.3 is 5.97 Å². The van der Waals surface area contributed by atoms with E-state index in [0.29, 0.717) is 85.1 Å². The second-order valence-corrected chi connectivity index (χ2v) is 28.2. The van der Waals surface area contributed by atoms with Crippen LogP contribution in [-0.2, 0) is 73.6 Å². The van der Waals surface area contributed by atoms with Crippen molar-refractivity contribution in [3.63, 3.8) is 0 Å². The quantitative estimate of drug-likeness (QED) is 0.0101. The summed E-state index contributed by atoms with van der Waals surface area (Å²) in [5, 5.41) is 69.1. The molecule has 10 atom stereocenters. The number of benzene rings is 4. The Bertz CT molecular complexity index is 4730. The lowest BCUT2D eigenvalue weighted by Gasteiger charge is -2.28. The second-order valence-electron chi connectivity index (χ2n) is 28.2. The van der Waals surface area contributed by atoms with E-state index in [0.717, 1.165) is 0 Å². The van der Waals surface area contributed by atoms with Crippen molar-refractivity contribution < 1.29 is 53.1 Å². The van der Waals surface area contributed by atoms with Gasteiger partial charge in [-0.25, -0.2) is 4.79 Å². The summed E-state index contributed by atoms with van der Waals surface area (Å²) in [5.74, 6) is -7.70. The number of nitrogens with one attached hydrogen (secondary N) is 19. The van der Waals surface area contributed by atoms with E-state index in [-0.39, 0.29) is 140 Å². The van der Waals surface area contributed by atoms with E-state index in [1.165, 1.54) is 0 Å². The topological polar surface area (TPSA) is 626 Å². The van der Waals surface area contributed by atoms with Crippen molar-refractivity contribution in [1.29, 1.82) is 16.2 Å². The van der Waals surface area contributed by atoms with Gasteiger partial charge in [0.15, 0.2) is 17.9 Å². The third-order valence-electron chi connectivity index (χ3n) is 19.6. The number of aromatic nitrogens is 4. The highest BCUT2D eigenvalue weighted by Gasteiger charge is 2.37. The molecule has 0 unspecified atom stereocenters. The number of carboxylic acid groups (broad SMARTS) is 1. The summed E-state index contributed by atoms with van der Waals surface area (Å²) in [7, 11) is 0. The largest absolute Gasteiger partial charge is 0.480 e. The number of amides is 9. The molecule has 0 radical (unpaired) electrons. The molecule has 0 fully saturated rings. The van der Waals surface area contributed by atoms with Gasteiger partial charge in [-0.05, 0) is 137 Å². The summed E-state index contributed by atoms with van der Waals surface area (Å²) in [6.07, 6.45) is 12.9. The standard InChI is InChI=1S/C79H107N25O11/c1-2-18-53(82)67(105)96-58(27-11-13-32-80)68(106)97-61(30-16-35-90-78(85)86)71(109)102-66(40-48-44-95-57-26-10-6-22-52(48)57)75(113)103-63(37-45-41-92-54-23-7-3-19-49(45)54)72(110)98-59(28-12-14-33-81)70(108)101-65(39-47-43-94-56-25-9-5-21-51(47)56)74(112)104-64(38-46-42-93-55-24-8-4-20-50(46)55)73(111)99-60(29-15-34-89-77(83)84)69(107)100-62(76(114)115)31-17-36-91-79(87)88/h1,3-10,19-26,41-44,53,58-66,92-95H,11-18,27-40,80-82H2,(H,96,105)(H,97,106)(H,98,110)(H,99,111)(H,100,107)(H,101,108)(H,102,109)(H,103,113)(H,104,112)(H,114,115)(H4,83,84,89)(H4,85,86,90)(H4,87,88,91)/t53-,58-,59-,60-,61-,62-,63-,64-,65-,66-/m0/s1. The van der Waals surface area contributed by atoms with Gasteiger partial charge in [-0.3, -0.25) is 59.4 Å². The van der Waals surface area contributed by atoms with E-state index in [1.54, 1.807) is 61.2 Å². The van der Waals surface area contributed by atoms with Crippen molar-refractivity contribution in [3.05, 3.63) is 144 Å². The zero-order valence-corrected chi connectivity index (χ0v) is 63.9. The fraction of sp³-hybridized carbons (Fsp3) is 0.405. The lowest BCUT2D eigenvalue weighted by atomic mass is 9.99. The minimum absolute atomic E-state index is 0.0669. The van der Waals surface area contributed by atoms with E-state index in [2.05, 4.69) is 89.7 Å². The smallest absolute Gasteiger partial charge is 0.326 e. The van der Waals surface area contributed by atoms with E-state index in [9.17, 15) is 24.3 Å². The molecule has 0 spiro atoms. The number of fused-ring (bicyclic) bond motifs is 4. The highest BCUT2D eigenvalue weighted by atomic mass is 16.4. The van der Waals surface area contributed by atoms with Crippen molar-refractivity contribution in [2.45, 2.75) is 170 Å². The first-order valence-corrected chi connectivity index (χ1v) is 38.3. The van der Waals surface area contributed by atoms with Crippen molar-refractivity contribution in [3.8, 4) is 12.3 Å². The highest BCUT2D eigenvalue weighted by Crippen LogP contribution is 2.25. The number of guanidine groups is 3. The van der Waals surface area contributed by atoms with E-state index >= 15 is 28.8 Å². The van der Waals surface area contributed by atoms with Gasteiger partial charge in [0, 0.05) is 120 Å². The van der Waals surface area contributed by atoms with Crippen LogP contribution in [-0.4, -0.2) is 195 Å². The minimum atomic E-state index is -1.54. The molecule has 614 valence electrons. The van der Waals surface area contributed by atoms with Crippen molar-refractivity contribution in [2.24, 2.45) is 34.4 Å². The molecule has 0 aliphatic carbocycles. The number of hydrogen-bond acceptors (Lipinski definition) is 16. The SMILES string of the molecule is C#CC[C@H](N)C(=O)N[C@@H](CCCCN)C(=O)N[C@@H](CCCNC(=N)N)C(=O)N[C@@H](Cc1c[nH]c2ccccc12)C(=O)N[C@@H](Cc1c[nH]c2ccccc12)C(=O)N[C@@H](CCCCN)C(=O)N[C@@H](Cc1c[nH]c2ccccc12)C(=O)N[C@@H](Cc1c[nH]c2ccccc12)C(=O)N[C@@H](CCCNC(=N)N)C(=O)N[C@@H](CCCNC(=N)N)C(=O)O. The van der Waals surface area contributed by atoms with Gasteiger partial charge in [0.2, 0.25) is 53.2 Å². The lowest BCUT2D eigenvalue weighted by molar-refractivity contribution is -0.142. The van der Waals surface area contributed by atoms with Crippen molar-refractivity contribution in [1.82, 2.24) is 83.7 Å². The molecule has 4 aromatic heterocycles. The number of aliphatic carboxylic acids is 1. The third kappa shape index (κ3) is 26.6. The van der Waals surface area contributed by atoms with Crippen LogP contribution in [0, 0.1) is 28.6 Å². The van der Waals surface area contributed by atoms with Crippen LogP contribution in [0.3, 0.4) is 0 Å². The Morgan fingerprint density at radius 2 is 0.591 bits per heavy atom. The number of unbranched alkanes of at least 4 members (excludes halogenated alkanes) is 2. The van der Waals surface area contributed by atoms with Crippen LogP contribution in [0.25, 0.3) is 43.6 Å². The molecule has 4 aromatic carbocycles. The van der Waals surface area contributed by atoms with Crippen LogP contribution >= 0.6 is 0 Å². The van der Waals surface area contributed by atoms with E-state index in [4.69, 9.17) is 57.1 Å². The van der Waals surface area contributed by atoms with Crippen LogP contribution in [0.2, 0.25) is 0 Å². The maximum Gasteiger partial charge on any atom is 0.326 e. The first-order chi connectivity index (χ1) is 55.3. The summed E-state index contributed by atoms with van der Waals surface area (Å²) in [5.41, 5.74) is 39.6. The number of carboxylic acids is 1. The second kappa shape index (κ2) is 44.3. The zero-order chi connectivity index (χ0) is 82.9. The van der Waals surface area contributed by atoms with Gasteiger partial charge in [-0.15, -0.1) is 12.3 Å². The van der Waals surface area contributed by atoms with E-state index in [1.807, 2.05) is 60.7 Å². The van der Waals surface area contributed by atoms with Gasteiger partial charge in [0.1, 0.15) is 54.4 Å². The molecule has 0 saturated heterocycles. The molecule has 8 aromatic rings. The van der Waals surface area contributed by atoms with Gasteiger partial charge in [-0.1, -0.05) is 72.8 Å². The predicted octanol–water partition coefficient (Wildman–Crippen LogP) is -0.271. The summed E-state index contributed by atoms with van der Waals surface area (Å²) >= 11 is 0. The number of H-pyrrole nitrogens is 4. The Kier molecular flexibility index (Phi) is 33.7. The minimum Gasteiger partial charge on any atom is -0.480 e. The molecule has 36 heteroatoms. The summed E-state index contributed by atoms with van der Waals surface area (Å²) in [6, 6.07) is 14.6. The van der Waals surface area contributed by atoms with Crippen LogP contribution in [0.4, 0.5) is 0 Å². The average Bonchev–Trinajstić information content (AvgIpc) is 1.74.